The summed E-state index contributed by atoms with van der Waals surface area (Å²) in [4.78, 5) is 11.2. The maximum atomic E-state index is 11.2. The van der Waals surface area contributed by atoms with E-state index in [1.165, 1.54) is 7.11 Å². The lowest BCUT2D eigenvalue weighted by atomic mass is 10.1. The normalized spacial score (nSPS) is 20.6. The fraction of sp³-hybridized carbons (Fsp3) is 0.444. The lowest BCUT2D eigenvalue weighted by Gasteiger charge is -2.05. The molecule has 0 aromatic carbocycles. The Bertz CT molecular complexity index is 303. The molecule has 0 bridgehead atoms. The molecular formula is C9H11NO2. The molecule has 1 atom stereocenters. The van der Waals surface area contributed by atoms with Gasteiger partial charge in [0.25, 0.3) is 0 Å². The zero-order chi connectivity index (χ0) is 8.55. The molecule has 0 amide bonds. The van der Waals surface area contributed by atoms with E-state index in [-0.39, 0.29) is 11.9 Å². The molecule has 3 nitrogen and oxygen atoms in total. The Balaban J connectivity index is 2.28. The molecule has 0 N–H and O–H groups in total. The van der Waals surface area contributed by atoms with Crippen LogP contribution in [-0.4, -0.2) is 17.6 Å². The highest BCUT2D eigenvalue weighted by atomic mass is 16.5. The number of methoxy groups -OCH3 is 1. The molecule has 0 aliphatic carbocycles. The van der Waals surface area contributed by atoms with Crippen molar-refractivity contribution in [2.75, 3.05) is 7.11 Å². The summed E-state index contributed by atoms with van der Waals surface area (Å²) in [5.74, 6) is -0.155. The number of aromatic nitrogens is 1. The fourth-order valence-corrected chi connectivity index (χ4v) is 1.74. The molecule has 0 saturated heterocycles. The first-order valence-corrected chi connectivity index (χ1v) is 4.06. The van der Waals surface area contributed by atoms with Gasteiger partial charge in [0.05, 0.1) is 13.0 Å². The molecule has 2 rings (SSSR count). The van der Waals surface area contributed by atoms with Crippen LogP contribution in [0.5, 0.6) is 0 Å². The molecule has 1 unspecified atom stereocenters. The number of nitrogens with zero attached hydrogens (tertiary/aromatic N) is 1. The van der Waals surface area contributed by atoms with Crippen molar-refractivity contribution in [3.8, 4) is 0 Å². The van der Waals surface area contributed by atoms with E-state index in [0.717, 1.165) is 18.7 Å². The summed E-state index contributed by atoms with van der Waals surface area (Å²) < 4.78 is 6.81. The van der Waals surface area contributed by atoms with Crippen molar-refractivity contribution in [3.63, 3.8) is 0 Å². The minimum atomic E-state index is -0.118. The summed E-state index contributed by atoms with van der Waals surface area (Å²) in [7, 11) is 1.44. The molecule has 3 heteroatoms. The molecule has 1 aromatic heterocycles. The van der Waals surface area contributed by atoms with Gasteiger partial charge in [0.15, 0.2) is 0 Å². The summed E-state index contributed by atoms with van der Waals surface area (Å²) in [5.41, 5.74) is 1.09. The summed E-state index contributed by atoms with van der Waals surface area (Å²) in [5, 5.41) is 0. The Morgan fingerprint density at radius 1 is 1.75 bits per heavy atom. The molecule has 1 aromatic rings. The Labute approximate surface area is 70.9 Å². The third-order valence-corrected chi connectivity index (χ3v) is 2.37. The Hall–Kier alpha value is -1.25. The predicted molar refractivity (Wildman–Crippen MR) is 43.8 cm³/mol. The number of carbonyl (C=O) groups excluding carboxylic acids is 1. The highest BCUT2D eigenvalue weighted by molar-refractivity contribution is 5.78. The molecule has 12 heavy (non-hydrogen) atoms. The largest absolute Gasteiger partial charge is 0.469 e. The Morgan fingerprint density at radius 2 is 2.58 bits per heavy atom. The van der Waals surface area contributed by atoms with Crippen LogP contribution in [0.1, 0.15) is 18.0 Å². The van der Waals surface area contributed by atoms with Crippen LogP contribution >= 0.6 is 0 Å². The lowest BCUT2D eigenvalue weighted by molar-refractivity contribution is -0.142. The van der Waals surface area contributed by atoms with Crippen molar-refractivity contribution >= 4 is 5.97 Å². The smallest absolute Gasteiger partial charge is 0.314 e. The van der Waals surface area contributed by atoms with Crippen molar-refractivity contribution in [1.29, 1.82) is 0 Å². The van der Waals surface area contributed by atoms with Gasteiger partial charge in [-0.25, -0.2) is 0 Å². The third-order valence-electron chi connectivity index (χ3n) is 2.37. The van der Waals surface area contributed by atoms with E-state index in [0.29, 0.717) is 0 Å². The Kier molecular flexibility index (Phi) is 1.64. The summed E-state index contributed by atoms with van der Waals surface area (Å²) in [6.45, 7) is 0.933. The fourth-order valence-electron chi connectivity index (χ4n) is 1.74. The Morgan fingerprint density at radius 3 is 3.33 bits per heavy atom. The van der Waals surface area contributed by atoms with Crippen molar-refractivity contribution in [3.05, 3.63) is 24.0 Å². The van der Waals surface area contributed by atoms with Gasteiger partial charge in [0, 0.05) is 18.4 Å². The van der Waals surface area contributed by atoms with Gasteiger partial charge in [0.1, 0.15) is 0 Å². The van der Waals surface area contributed by atoms with Crippen LogP contribution < -0.4 is 0 Å². The molecule has 2 heterocycles. The van der Waals surface area contributed by atoms with Gasteiger partial charge < -0.3 is 9.30 Å². The predicted octanol–water partition coefficient (Wildman–Crippen LogP) is 1.15. The van der Waals surface area contributed by atoms with Gasteiger partial charge in [-0.15, -0.1) is 0 Å². The van der Waals surface area contributed by atoms with Gasteiger partial charge in [-0.1, -0.05) is 0 Å². The van der Waals surface area contributed by atoms with Gasteiger partial charge in [-0.05, 0) is 18.6 Å². The van der Waals surface area contributed by atoms with Crippen molar-refractivity contribution in [1.82, 2.24) is 4.57 Å². The maximum absolute atomic E-state index is 11.2. The van der Waals surface area contributed by atoms with E-state index in [1.54, 1.807) is 0 Å². The molecule has 0 fully saturated rings. The number of hydrogen-bond donors (Lipinski definition) is 0. The standard InChI is InChI=1S/C9H11NO2/c1-12-9(11)7-4-6-10-5-2-3-8(7)10/h2-3,5,7H,4,6H2,1H3. The van der Waals surface area contributed by atoms with E-state index in [4.69, 9.17) is 4.74 Å². The summed E-state index contributed by atoms with van der Waals surface area (Å²) in [6.07, 6.45) is 2.88. The van der Waals surface area contributed by atoms with Crippen molar-refractivity contribution in [2.45, 2.75) is 18.9 Å². The van der Waals surface area contributed by atoms with Crippen LogP contribution in [0.15, 0.2) is 18.3 Å². The SMILES string of the molecule is COC(=O)C1CCn2cccc21. The average Bonchev–Trinajstić information content (AvgIpc) is 2.62. The number of carbonyl (C=O) groups is 1. The van der Waals surface area contributed by atoms with Gasteiger partial charge in [-0.2, -0.15) is 0 Å². The second-order valence-electron chi connectivity index (χ2n) is 2.99. The molecule has 1 aliphatic heterocycles. The van der Waals surface area contributed by atoms with Gasteiger partial charge in [0.2, 0.25) is 0 Å². The molecule has 1 aliphatic rings. The maximum Gasteiger partial charge on any atom is 0.314 e. The number of fused-ring (bicyclic) bond motifs is 1. The number of esters is 1. The number of hydrogen-bond acceptors (Lipinski definition) is 2. The summed E-state index contributed by atoms with van der Waals surface area (Å²) >= 11 is 0. The topological polar surface area (TPSA) is 31.2 Å². The van der Waals surface area contributed by atoms with Crippen LogP contribution in [0.3, 0.4) is 0 Å². The second-order valence-corrected chi connectivity index (χ2v) is 2.99. The van der Waals surface area contributed by atoms with Crippen molar-refractivity contribution < 1.29 is 9.53 Å². The molecular weight excluding hydrogens is 154 g/mol. The minimum Gasteiger partial charge on any atom is -0.469 e. The second kappa shape index (κ2) is 2.66. The van der Waals surface area contributed by atoms with Crippen molar-refractivity contribution in [2.24, 2.45) is 0 Å². The number of ether oxygens (including phenoxy) is 1. The highest BCUT2D eigenvalue weighted by Crippen LogP contribution is 2.28. The molecule has 0 saturated carbocycles. The number of aryl methyl sites for hydroxylation is 1. The molecule has 0 spiro atoms. The minimum absolute atomic E-state index is 0.0370. The first kappa shape index (κ1) is 7.40. The monoisotopic (exact) mass is 165 g/mol. The van der Waals surface area contributed by atoms with Crippen LogP contribution in [0, 0.1) is 0 Å². The van der Waals surface area contributed by atoms with E-state index in [2.05, 4.69) is 4.57 Å². The average molecular weight is 165 g/mol. The van der Waals surface area contributed by atoms with E-state index in [9.17, 15) is 4.79 Å². The third kappa shape index (κ3) is 0.932. The molecule has 0 radical (unpaired) electrons. The van der Waals surface area contributed by atoms with Gasteiger partial charge in [-0.3, -0.25) is 4.79 Å². The quantitative estimate of drug-likeness (QED) is 0.584. The van der Waals surface area contributed by atoms with Gasteiger partial charge >= 0.3 is 5.97 Å². The van der Waals surface area contributed by atoms with E-state index >= 15 is 0 Å². The highest BCUT2D eigenvalue weighted by Gasteiger charge is 2.28. The lowest BCUT2D eigenvalue weighted by Crippen LogP contribution is -2.10. The molecule has 64 valence electrons. The summed E-state index contributed by atoms with van der Waals surface area (Å²) in [6, 6.07) is 3.94. The zero-order valence-corrected chi connectivity index (χ0v) is 6.99. The van der Waals surface area contributed by atoms with E-state index < -0.39 is 0 Å². The van der Waals surface area contributed by atoms with Crippen LogP contribution in [0.4, 0.5) is 0 Å². The van der Waals surface area contributed by atoms with Crippen LogP contribution in [0.25, 0.3) is 0 Å². The van der Waals surface area contributed by atoms with Crippen LogP contribution in [0.2, 0.25) is 0 Å². The number of rotatable bonds is 1. The first-order chi connectivity index (χ1) is 5.83. The van der Waals surface area contributed by atoms with E-state index in [1.807, 2.05) is 18.3 Å². The van der Waals surface area contributed by atoms with Crippen LogP contribution in [-0.2, 0) is 16.1 Å². The first-order valence-electron chi connectivity index (χ1n) is 4.06. The zero-order valence-electron chi connectivity index (χ0n) is 6.99.